The van der Waals surface area contributed by atoms with Crippen molar-refractivity contribution < 1.29 is 13.2 Å². The van der Waals surface area contributed by atoms with Crippen molar-refractivity contribution >= 4 is 28.1 Å². The van der Waals surface area contributed by atoms with Crippen molar-refractivity contribution in [1.29, 1.82) is 0 Å². The van der Waals surface area contributed by atoms with E-state index in [2.05, 4.69) is 26.7 Å². The number of nitrogens with one attached hydrogen (secondary N) is 2. The van der Waals surface area contributed by atoms with Gasteiger partial charge < -0.3 is 16.4 Å². The molecule has 0 saturated heterocycles. The Labute approximate surface area is 161 Å². The Hall–Kier alpha value is -3.03. The SMILES string of the molecule is CCNc1[c]cc2nc(C)nc(N[C@H](C)c3cc(N)cc(C(F)F)c3F)c2c1. The molecule has 4 N–H and O–H groups in total. The molecule has 5 nitrogen and oxygen atoms in total. The highest BCUT2D eigenvalue weighted by Crippen LogP contribution is 2.32. The molecule has 0 bridgehead atoms. The Kier molecular flexibility index (Phi) is 5.58. The summed E-state index contributed by atoms with van der Waals surface area (Å²) in [5.41, 5.74) is 6.56. The molecule has 1 atom stereocenters. The molecular weight excluding hydrogens is 367 g/mol. The molecule has 0 saturated carbocycles. The lowest BCUT2D eigenvalue weighted by Gasteiger charge is -2.19. The second kappa shape index (κ2) is 7.92. The molecule has 3 aromatic rings. The van der Waals surface area contributed by atoms with E-state index in [0.717, 1.165) is 18.3 Å². The van der Waals surface area contributed by atoms with E-state index in [-0.39, 0.29) is 11.3 Å². The predicted octanol–water partition coefficient (Wildman–Crippen LogP) is 5.00. The smallest absolute Gasteiger partial charge is 0.266 e. The number of aromatic nitrogens is 2. The van der Waals surface area contributed by atoms with Crippen molar-refractivity contribution in [3.05, 3.63) is 53.1 Å². The van der Waals surface area contributed by atoms with Gasteiger partial charge in [-0.15, -0.1) is 0 Å². The van der Waals surface area contributed by atoms with Crippen molar-refractivity contribution in [2.24, 2.45) is 0 Å². The van der Waals surface area contributed by atoms with Crippen molar-refractivity contribution in [3.8, 4) is 0 Å². The van der Waals surface area contributed by atoms with Crippen LogP contribution in [0.15, 0.2) is 24.3 Å². The Morgan fingerprint density at radius 1 is 1.18 bits per heavy atom. The van der Waals surface area contributed by atoms with E-state index in [9.17, 15) is 13.2 Å². The monoisotopic (exact) mass is 388 g/mol. The number of aryl methyl sites for hydroxylation is 1. The minimum atomic E-state index is -2.95. The van der Waals surface area contributed by atoms with E-state index in [1.54, 1.807) is 19.9 Å². The van der Waals surface area contributed by atoms with Gasteiger partial charge in [0.25, 0.3) is 6.43 Å². The first-order valence-electron chi connectivity index (χ1n) is 8.87. The normalized spacial score (nSPS) is 12.4. The Morgan fingerprint density at radius 3 is 2.57 bits per heavy atom. The number of hydrogen-bond acceptors (Lipinski definition) is 5. The van der Waals surface area contributed by atoms with Gasteiger partial charge in [0.15, 0.2) is 0 Å². The number of alkyl halides is 2. The molecule has 0 aliphatic carbocycles. The van der Waals surface area contributed by atoms with Gasteiger partial charge >= 0.3 is 0 Å². The highest BCUT2D eigenvalue weighted by atomic mass is 19.3. The van der Waals surface area contributed by atoms with Gasteiger partial charge in [-0.2, -0.15) is 0 Å². The largest absolute Gasteiger partial charge is 0.399 e. The van der Waals surface area contributed by atoms with E-state index in [4.69, 9.17) is 5.73 Å². The lowest BCUT2D eigenvalue weighted by Crippen LogP contribution is -2.13. The Bertz CT molecular complexity index is 1010. The van der Waals surface area contributed by atoms with Gasteiger partial charge in [-0.25, -0.2) is 23.1 Å². The number of rotatable bonds is 6. The van der Waals surface area contributed by atoms with E-state index in [0.29, 0.717) is 22.5 Å². The summed E-state index contributed by atoms with van der Waals surface area (Å²) in [5.74, 6) is 0.0256. The van der Waals surface area contributed by atoms with Crippen LogP contribution >= 0.6 is 0 Å². The van der Waals surface area contributed by atoms with Gasteiger partial charge in [-0.05, 0) is 45.0 Å². The maximum atomic E-state index is 14.6. The topological polar surface area (TPSA) is 75.9 Å². The standard InChI is InChI=1S/C20H21F3N5/c1-4-25-13-5-6-17-15(9-13)20(28-11(3)27-17)26-10(2)14-7-12(24)8-16(18(14)21)19(22)23/h6-10,19,25H,4,24H2,1-3H3,(H,26,27,28)/t10-/m1/s1. The summed E-state index contributed by atoms with van der Waals surface area (Å²) in [4.78, 5) is 8.80. The number of anilines is 3. The van der Waals surface area contributed by atoms with Gasteiger partial charge in [0, 0.05) is 34.9 Å². The first-order chi connectivity index (χ1) is 13.3. The number of nitrogen functional groups attached to an aromatic ring is 1. The van der Waals surface area contributed by atoms with Crippen LogP contribution in [0, 0.1) is 18.8 Å². The molecule has 0 amide bonds. The van der Waals surface area contributed by atoms with Crippen LogP contribution in [0.25, 0.3) is 10.9 Å². The molecule has 3 rings (SSSR count). The molecule has 0 fully saturated rings. The molecule has 1 aromatic heterocycles. The van der Waals surface area contributed by atoms with Crippen LogP contribution in [0.5, 0.6) is 0 Å². The van der Waals surface area contributed by atoms with Crippen LogP contribution in [0.3, 0.4) is 0 Å². The summed E-state index contributed by atoms with van der Waals surface area (Å²) in [6, 6.07) is 8.35. The van der Waals surface area contributed by atoms with Gasteiger partial charge in [-0.1, -0.05) is 0 Å². The Balaban J connectivity index is 2.04. The average molecular weight is 388 g/mol. The molecule has 8 heteroatoms. The quantitative estimate of drug-likeness (QED) is 0.518. The minimum Gasteiger partial charge on any atom is -0.399 e. The minimum absolute atomic E-state index is 0.0501. The molecule has 28 heavy (non-hydrogen) atoms. The number of nitrogens with two attached hydrogens (primary N) is 1. The number of halogens is 3. The van der Waals surface area contributed by atoms with Crippen LogP contribution in [0.2, 0.25) is 0 Å². The zero-order valence-corrected chi connectivity index (χ0v) is 15.8. The van der Waals surface area contributed by atoms with E-state index in [1.807, 2.05) is 13.0 Å². The maximum Gasteiger partial charge on any atom is 0.266 e. The summed E-state index contributed by atoms with van der Waals surface area (Å²) >= 11 is 0. The molecule has 147 valence electrons. The zero-order valence-electron chi connectivity index (χ0n) is 15.8. The first-order valence-corrected chi connectivity index (χ1v) is 8.87. The number of benzene rings is 2. The summed E-state index contributed by atoms with van der Waals surface area (Å²) in [6.07, 6.45) is -2.95. The van der Waals surface area contributed by atoms with E-state index < -0.39 is 23.8 Å². The highest BCUT2D eigenvalue weighted by Gasteiger charge is 2.21. The van der Waals surface area contributed by atoms with Gasteiger partial charge in [0.05, 0.1) is 17.1 Å². The van der Waals surface area contributed by atoms with Gasteiger partial charge in [0.1, 0.15) is 17.5 Å². The lowest BCUT2D eigenvalue weighted by molar-refractivity contribution is 0.146. The molecule has 2 aromatic carbocycles. The second-order valence-corrected chi connectivity index (χ2v) is 6.48. The van der Waals surface area contributed by atoms with Crippen LogP contribution in [-0.4, -0.2) is 16.5 Å². The zero-order chi connectivity index (χ0) is 20.4. The third-order valence-corrected chi connectivity index (χ3v) is 4.31. The molecule has 0 aliphatic heterocycles. The maximum absolute atomic E-state index is 14.6. The van der Waals surface area contributed by atoms with Crippen LogP contribution < -0.4 is 16.4 Å². The van der Waals surface area contributed by atoms with E-state index in [1.165, 1.54) is 6.07 Å². The van der Waals surface area contributed by atoms with Crippen molar-refractivity contribution in [2.45, 2.75) is 33.2 Å². The molecular formula is C20H21F3N5. The van der Waals surface area contributed by atoms with Crippen LogP contribution in [-0.2, 0) is 0 Å². The second-order valence-electron chi connectivity index (χ2n) is 6.48. The molecule has 0 unspecified atom stereocenters. The summed E-state index contributed by atoms with van der Waals surface area (Å²) in [6.45, 7) is 6.09. The number of nitrogens with zero attached hydrogens (tertiary/aromatic N) is 2. The number of hydrogen-bond donors (Lipinski definition) is 3. The molecule has 0 aliphatic rings. The van der Waals surface area contributed by atoms with Gasteiger partial charge in [-0.3, -0.25) is 0 Å². The molecule has 1 radical (unpaired) electrons. The fraction of sp³-hybridized carbons (Fsp3) is 0.300. The lowest BCUT2D eigenvalue weighted by atomic mass is 10.0. The van der Waals surface area contributed by atoms with Crippen molar-refractivity contribution in [1.82, 2.24) is 9.97 Å². The molecule has 0 spiro atoms. The van der Waals surface area contributed by atoms with Gasteiger partial charge in [0.2, 0.25) is 0 Å². The predicted molar refractivity (Wildman–Crippen MR) is 105 cm³/mol. The fourth-order valence-corrected chi connectivity index (χ4v) is 3.04. The third-order valence-electron chi connectivity index (χ3n) is 4.31. The van der Waals surface area contributed by atoms with Crippen molar-refractivity contribution in [2.75, 3.05) is 22.9 Å². The van der Waals surface area contributed by atoms with Crippen LogP contribution in [0.4, 0.5) is 30.4 Å². The third kappa shape index (κ3) is 3.95. The summed E-state index contributed by atoms with van der Waals surface area (Å²) in [5, 5.41) is 6.99. The average Bonchev–Trinajstić information content (AvgIpc) is 2.63. The van der Waals surface area contributed by atoms with E-state index >= 15 is 0 Å². The molecule has 1 heterocycles. The first kappa shape index (κ1) is 19.7. The highest BCUT2D eigenvalue weighted by molar-refractivity contribution is 5.91. The Morgan fingerprint density at radius 2 is 1.89 bits per heavy atom. The van der Waals surface area contributed by atoms with Crippen LogP contribution in [0.1, 0.15) is 43.3 Å². The number of fused-ring (bicyclic) bond motifs is 1. The fourth-order valence-electron chi connectivity index (χ4n) is 3.04. The summed E-state index contributed by atoms with van der Waals surface area (Å²) < 4.78 is 40.8. The van der Waals surface area contributed by atoms with Crippen molar-refractivity contribution in [3.63, 3.8) is 0 Å². The summed E-state index contributed by atoms with van der Waals surface area (Å²) in [7, 11) is 0.